The molecule has 2 heterocycles. The highest BCUT2D eigenvalue weighted by Crippen LogP contribution is 2.35. The number of nitrogens with one attached hydrogen (secondary N) is 1. The Bertz CT molecular complexity index is 1460. The van der Waals surface area contributed by atoms with Crippen LogP contribution in [0, 0.1) is 0 Å². The van der Waals surface area contributed by atoms with Gasteiger partial charge >= 0.3 is 0 Å². The van der Waals surface area contributed by atoms with Crippen molar-refractivity contribution < 1.29 is 9.53 Å². The zero-order chi connectivity index (χ0) is 24.2. The maximum absolute atomic E-state index is 13.7. The van der Waals surface area contributed by atoms with E-state index in [2.05, 4.69) is 10.5 Å². The van der Waals surface area contributed by atoms with Crippen LogP contribution < -0.4 is 15.7 Å². The fraction of sp³-hybridized carbons (Fsp3) is 0.231. The lowest BCUT2D eigenvalue weighted by molar-refractivity contribution is -0.118. The summed E-state index contributed by atoms with van der Waals surface area (Å²) in [6.45, 7) is 0. The van der Waals surface area contributed by atoms with Gasteiger partial charge in [-0.05, 0) is 61.1 Å². The maximum atomic E-state index is 13.7. The summed E-state index contributed by atoms with van der Waals surface area (Å²) < 4.78 is 6.82. The quantitative estimate of drug-likeness (QED) is 0.172. The second-order valence-electron chi connectivity index (χ2n) is 8.12. The molecule has 2 aromatic heterocycles. The number of amides is 1. The molecule has 0 spiro atoms. The Morgan fingerprint density at radius 1 is 1.20 bits per heavy atom. The Morgan fingerprint density at radius 3 is 2.86 bits per heavy atom. The van der Waals surface area contributed by atoms with Crippen LogP contribution in [0.3, 0.4) is 0 Å². The van der Waals surface area contributed by atoms with E-state index in [0.717, 1.165) is 52.7 Å². The molecule has 0 atom stereocenters. The van der Waals surface area contributed by atoms with Crippen LogP contribution in [0.2, 0.25) is 0 Å². The van der Waals surface area contributed by atoms with Crippen molar-refractivity contribution in [2.24, 2.45) is 5.10 Å². The minimum absolute atomic E-state index is 0.0699. The highest BCUT2D eigenvalue weighted by molar-refractivity contribution is 7.99. The standard InChI is InChI=1S/C26H24N4O3S2/c1-33-19-11-7-8-17(14-19)15-27-29-22(31)16-34-26-28-24-23(20-12-5-6-13-21(20)35-24)25(32)30(26)18-9-3-2-4-10-18/h2-4,7-11,14-15H,5-6,12-13,16H2,1H3,(H,29,31). The number of hydrogen-bond acceptors (Lipinski definition) is 7. The number of rotatable bonds is 7. The molecular weight excluding hydrogens is 480 g/mol. The Labute approximate surface area is 210 Å². The normalized spacial score (nSPS) is 13.2. The number of carbonyl (C=O) groups is 1. The first-order valence-corrected chi connectivity index (χ1v) is 13.2. The molecule has 5 rings (SSSR count). The Balaban J connectivity index is 1.39. The number of aromatic nitrogens is 2. The number of methoxy groups -OCH3 is 1. The molecule has 1 aliphatic carbocycles. The van der Waals surface area contributed by atoms with E-state index in [-0.39, 0.29) is 17.2 Å². The monoisotopic (exact) mass is 504 g/mol. The molecule has 7 nitrogen and oxygen atoms in total. The molecule has 0 radical (unpaired) electrons. The van der Waals surface area contributed by atoms with Crippen LogP contribution in [0.5, 0.6) is 5.75 Å². The van der Waals surface area contributed by atoms with Crippen LogP contribution in [-0.4, -0.2) is 34.5 Å². The molecular formula is C26H24N4O3S2. The molecule has 0 saturated heterocycles. The summed E-state index contributed by atoms with van der Waals surface area (Å²) in [5, 5.41) is 5.27. The first-order valence-electron chi connectivity index (χ1n) is 11.4. The van der Waals surface area contributed by atoms with Gasteiger partial charge in [0.1, 0.15) is 10.6 Å². The van der Waals surface area contributed by atoms with Crippen LogP contribution in [0.4, 0.5) is 0 Å². The Hall–Kier alpha value is -3.43. The van der Waals surface area contributed by atoms with Crippen LogP contribution in [0.1, 0.15) is 28.8 Å². The SMILES string of the molecule is COc1cccc(C=NNC(=O)CSc2nc3sc4c(c3c(=O)n2-c2ccccc2)CCCC4)c1. The first-order chi connectivity index (χ1) is 17.1. The number of fused-ring (bicyclic) bond motifs is 3. The van der Waals surface area contributed by atoms with Crippen LogP contribution >= 0.6 is 23.1 Å². The minimum Gasteiger partial charge on any atom is -0.497 e. The number of nitrogens with zero attached hydrogens (tertiary/aromatic N) is 3. The van der Waals surface area contributed by atoms with Crippen LogP contribution in [0.15, 0.2) is 69.6 Å². The smallest absolute Gasteiger partial charge is 0.267 e. The van der Waals surface area contributed by atoms with Gasteiger partial charge in [-0.1, -0.05) is 42.1 Å². The van der Waals surface area contributed by atoms with Crippen molar-refractivity contribution in [2.75, 3.05) is 12.9 Å². The largest absolute Gasteiger partial charge is 0.497 e. The van der Waals surface area contributed by atoms with Crippen LogP contribution in [0.25, 0.3) is 15.9 Å². The fourth-order valence-corrected chi connectivity index (χ4v) is 6.26. The lowest BCUT2D eigenvalue weighted by atomic mass is 9.97. The lowest BCUT2D eigenvalue weighted by Crippen LogP contribution is -2.24. The van der Waals surface area contributed by atoms with Crippen molar-refractivity contribution in [3.05, 3.63) is 81.0 Å². The average Bonchev–Trinajstić information content (AvgIpc) is 3.27. The Kier molecular flexibility index (Phi) is 6.96. The topological polar surface area (TPSA) is 85.6 Å². The molecule has 9 heteroatoms. The molecule has 35 heavy (non-hydrogen) atoms. The zero-order valence-electron chi connectivity index (χ0n) is 19.2. The molecule has 0 aliphatic heterocycles. The third-order valence-corrected chi connectivity index (χ3v) is 7.93. The summed E-state index contributed by atoms with van der Waals surface area (Å²) in [5.41, 5.74) is 5.18. The van der Waals surface area contributed by atoms with E-state index in [1.807, 2.05) is 54.6 Å². The number of ether oxygens (including phenoxy) is 1. The molecule has 1 N–H and O–H groups in total. The van der Waals surface area contributed by atoms with Gasteiger partial charge in [0.2, 0.25) is 0 Å². The van der Waals surface area contributed by atoms with E-state index in [0.29, 0.717) is 10.9 Å². The lowest BCUT2D eigenvalue weighted by Gasteiger charge is -2.13. The summed E-state index contributed by atoms with van der Waals surface area (Å²) in [6, 6.07) is 16.8. The summed E-state index contributed by atoms with van der Waals surface area (Å²) in [6.07, 6.45) is 5.71. The zero-order valence-corrected chi connectivity index (χ0v) is 20.8. The predicted molar refractivity (Wildman–Crippen MR) is 141 cm³/mol. The number of para-hydroxylation sites is 1. The second kappa shape index (κ2) is 10.5. The van der Waals surface area contributed by atoms with E-state index in [9.17, 15) is 9.59 Å². The maximum Gasteiger partial charge on any atom is 0.267 e. The van der Waals surface area contributed by atoms with Gasteiger partial charge in [-0.25, -0.2) is 10.4 Å². The van der Waals surface area contributed by atoms with Gasteiger partial charge in [0.25, 0.3) is 11.5 Å². The van der Waals surface area contributed by atoms with E-state index in [1.165, 1.54) is 16.6 Å². The molecule has 1 aliphatic rings. The minimum atomic E-state index is -0.284. The van der Waals surface area contributed by atoms with Crippen molar-refractivity contribution in [3.8, 4) is 11.4 Å². The predicted octanol–water partition coefficient (Wildman–Crippen LogP) is 4.58. The van der Waals surface area contributed by atoms with Gasteiger partial charge in [-0.15, -0.1) is 11.3 Å². The molecule has 0 bridgehead atoms. The number of hydrogen-bond donors (Lipinski definition) is 1. The second-order valence-corrected chi connectivity index (χ2v) is 10.1. The van der Waals surface area contributed by atoms with Gasteiger partial charge in [0.05, 0.1) is 30.2 Å². The summed E-state index contributed by atoms with van der Waals surface area (Å²) in [7, 11) is 1.60. The number of hydrazone groups is 1. The summed E-state index contributed by atoms with van der Waals surface area (Å²) in [4.78, 5) is 33.1. The van der Waals surface area contributed by atoms with Gasteiger partial charge < -0.3 is 4.74 Å². The van der Waals surface area contributed by atoms with Gasteiger partial charge in [0.15, 0.2) is 5.16 Å². The van der Waals surface area contributed by atoms with Crippen molar-refractivity contribution in [3.63, 3.8) is 0 Å². The third-order valence-electron chi connectivity index (χ3n) is 5.80. The number of benzene rings is 2. The molecule has 0 saturated carbocycles. The van der Waals surface area contributed by atoms with E-state index in [1.54, 1.807) is 29.2 Å². The van der Waals surface area contributed by atoms with Crippen molar-refractivity contribution in [1.82, 2.24) is 15.0 Å². The molecule has 178 valence electrons. The average molecular weight is 505 g/mol. The number of thiophene rings is 1. The number of aryl methyl sites for hydroxylation is 2. The first kappa shape index (κ1) is 23.3. The van der Waals surface area contributed by atoms with E-state index < -0.39 is 0 Å². The van der Waals surface area contributed by atoms with Gasteiger partial charge in [0, 0.05) is 4.88 Å². The fourth-order valence-electron chi connectivity index (χ4n) is 4.15. The van der Waals surface area contributed by atoms with E-state index in [4.69, 9.17) is 9.72 Å². The van der Waals surface area contributed by atoms with Crippen molar-refractivity contribution in [2.45, 2.75) is 30.8 Å². The molecule has 2 aromatic carbocycles. The van der Waals surface area contributed by atoms with Crippen molar-refractivity contribution >= 4 is 45.4 Å². The summed E-state index contributed by atoms with van der Waals surface area (Å²) >= 11 is 2.84. The highest BCUT2D eigenvalue weighted by Gasteiger charge is 2.23. The third kappa shape index (κ3) is 5.01. The van der Waals surface area contributed by atoms with Gasteiger partial charge in [-0.3, -0.25) is 14.2 Å². The number of carbonyl (C=O) groups excluding carboxylic acids is 1. The molecule has 0 unspecified atom stereocenters. The van der Waals surface area contributed by atoms with E-state index >= 15 is 0 Å². The van der Waals surface area contributed by atoms with Gasteiger partial charge in [-0.2, -0.15) is 5.10 Å². The molecule has 4 aromatic rings. The molecule has 1 amide bonds. The number of thioether (sulfide) groups is 1. The van der Waals surface area contributed by atoms with Crippen molar-refractivity contribution in [1.29, 1.82) is 0 Å². The molecule has 0 fully saturated rings. The highest BCUT2D eigenvalue weighted by atomic mass is 32.2. The Morgan fingerprint density at radius 2 is 2.03 bits per heavy atom. The van der Waals surface area contributed by atoms with Crippen LogP contribution in [-0.2, 0) is 17.6 Å². The summed E-state index contributed by atoms with van der Waals surface area (Å²) in [5.74, 6) is 0.505.